The standard InChI is InChI=1S/C13H8BrIO/c1-7-9(15)5-6-11-12(7)13-8(14)3-2-4-10(13)16-11/h2-6H,1H3. The molecule has 0 unspecified atom stereocenters. The second kappa shape index (κ2) is 3.74. The van der Waals surface area contributed by atoms with E-state index in [9.17, 15) is 0 Å². The Morgan fingerprint density at radius 1 is 1.06 bits per heavy atom. The summed E-state index contributed by atoms with van der Waals surface area (Å²) in [6.07, 6.45) is 0. The second-order valence-electron chi connectivity index (χ2n) is 3.76. The Bertz CT molecular complexity index is 700. The molecule has 0 N–H and O–H groups in total. The van der Waals surface area contributed by atoms with Crippen molar-refractivity contribution in [3.63, 3.8) is 0 Å². The first-order chi connectivity index (χ1) is 7.68. The topological polar surface area (TPSA) is 13.1 Å². The maximum absolute atomic E-state index is 5.84. The third-order valence-corrected chi connectivity index (χ3v) is 4.64. The zero-order chi connectivity index (χ0) is 11.3. The van der Waals surface area contributed by atoms with Gasteiger partial charge in [0, 0.05) is 18.8 Å². The molecule has 0 saturated heterocycles. The normalized spacial score (nSPS) is 11.4. The van der Waals surface area contributed by atoms with E-state index in [1.807, 2.05) is 18.2 Å². The fourth-order valence-corrected chi connectivity index (χ4v) is 3.00. The zero-order valence-electron chi connectivity index (χ0n) is 8.55. The van der Waals surface area contributed by atoms with Crippen LogP contribution in [0, 0.1) is 10.5 Å². The van der Waals surface area contributed by atoms with Gasteiger partial charge in [-0.1, -0.05) is 22.0 Å². The van der Waals surface area contributed by atoms with Crippen LogP contribution >= 0.6 is 38.5 Å². The van der Waals surface area contributed by atoms with E-state index >= 15 is 0 Å². The highest BCUT2D eigenvalue weighted by Gasteiger charge is 2.12. The molecule has 0 atom stereocenters. The van der Waals surface area contributed by atoms with Crippen LogP contribution < -0.4 is 0 Å². The lowest BCUT2D eigenvalue weighted by atomic mass is 10.1. The van der Waals surface area contributed by atoms with Crippen molar-refractivity contribution in [2.75, 3.05) is 0 Å². The first-order valence-corrected chi connectivity index (χ1v) is 6.81. The van der Waals surface area contributed by atoms with Gasteiger partial charge in [0.2, 0.25) is 0 Å². The minimum absolute atomic E-state index is 0.939. The van der Waals surface area contributed by atoms with E-state index in [0.29, 0.717) is 0 Å². The molecule has 0 saturated carbocycles. The Morgan fingerprint density at radius 3 is 2.62 bits per heavy atom. The summed E-state index contributed by atoms with van der Waals surface area (Å²) in [4.78, 5) is 0. The summed E-state index contributed by atoms with van der Waals surface area (Å²) in [7, 11) is 0. The van der Waals surface area contributed by atoms with E-state index in [-0.39, 0.29) is 0 Å². The van der Waals surface area contributed by atoms with Crippen molar-refractivity contribution < 1.29 is 4.42 Å². The average molecular weight is 387 g/mol. The molecule has 0 spiro atoms. The number of halogens is 2. The average Bonchev–Trinajstić information content (AvgIpc) is 2.64. The zero-order valence-corrected chi connectivity index (χ0v) is 12.3. The fraction of sp³-hybridized carbons (Fsp3) is 0.0769. The third kappa shape index (κ3) is 1.41. The highest BCUT2D eigenvalue weighted by molar-refractivity contribution is 14.1. The van der Waals surface area contributed by atoms with Crippen molar-refractivity contribution in [3.05, 3.63) is 43.9 Å². The third-order valence-electron chi connectivity index (χ3n) is 2.81. The molecule has 16 heavy (non-hydrogen) atoms. The van der Waals surface area contributed by atoms with Crippen LogP contribution in [-0.2, 0) is 0 Å². The number of fused-ring (bicyclic) bond motifs is 3. The Hall–Kier alpha value is -0.550. The first kappa shape index (κ1) is 10.6. The minimum atomic E-state index is 0.939. The molecular formula is C13H8BrIO. The summed E-state index contributed by atoms with van der Waals surface area (Å²) in [5.41, 5.74) is 3.18. The summed E-state index contributed by atoms with van der Waals surface area (Å²) < 4.78 is 8.19. The molecule has 1 aromatic heterocycles. The van der Waals surface area contributed by atoms with Gasteiger partial charge in [-0.15, -0.1) is 0 Å². The van der Waals surface area contributed by atoms with Gasteiger partial charge < -0.3 is 4.42 Å². The summed E-state index contributed by atoms with van der Waals surface area (Å²) in [6, 6.07) is 10.2. The molecule has 0 aliphatic carbocycles. The van der Waals surface area contributed by atoms with Gasteiger partial charge >= 0.3 is 0 Å². The molecule has 3 rings (SSSR count). The van der Waals surface area contributed by atoms with Gasteiger partial charge in [0.1, 0.15) is 11.2 Å². The van der Waals surface area contributed by atoms with Crippen LogP contribution in [0.5, 0.6) is 0 Å². The molecule has 0 aliphatic heterocycles. The van der Waals surface area contributed by atoms with E-state index in [1.54, 1.807) is 0 Å². The van der Waals surface area contributed by atoms with E-state index in [4.69, 9.17) is 4.42 Å². The maximum Gasteiger partial charge on any atom is 0.136 e. The van der Waals surface area contributed by atoms with Gasteiger partial charge in [0.15, 0.2) is 0 Å². The fourth-order valence-electron chi connectivity index (χ4n) is 2.01. The van der Waals surface area contributed by atoms with Crippen molar-refractivity contribution in [2.24, 2.45) is 0 Å². The van der Waals surface area contributed by atoms with Gasteiger partial charge in [-0.05, 0) is 59.3 Å². The summed E-state index contributed by atoms with van der Waals surface area (Å²) >= 11 is 5.95. The van der Waals surface area contributed by atoms with Gasteiger partial charge in [-0.2, -0.15) is 0 Å². The monoisotopic (exact) mass is 386 g/mol. The van der Waals surface area contributed by atoms with E-state index in [2.05, 4.69) is 57.6 Å². The minimum Gasteiger partial charge on any atom is -0.456 e. The van der Waals surface area contributed by atoms with Crippen molar-refractivity contribution in [2.45, 2.75) is 6.92 Å². The highest BCUT2D eigenvalue weighted by Crippen LogP contribution is 2.37. The molecule has 2 aromatic carbocycles. The predicted octanol–water partition coefficient (Wildman–Crippen LogP) is 5.26. The SMILES string of the molecule is Cc1c(I)ccc2oc3cccc(Br)c3c12. The number of rotatable bonds is 0. The molecule has 0 fully saturated rings. The molecule has 0 aliphatic rings. The Labute approximate surface area is 115 Å². The van der Waals surface area contributed by atoms with Crippen molar-refractivity contribution >= 4 is 60.5 Å². The lowest BCUT2D eigenvalue weighted by Gasteiger charge is -1.99. The molecule has 0 amide bonds. The van der Waals surface area contributed by atoms with Crippen LogP contribution in [0.25, 0.3) is 21.9 Å². The summed E-state index contributed by atoms with van der Waals surface area (Å²) in [6.45, 7) is 2.14. The maximum atomic E-state index is 5.84. The van der Waals surface area contributed by atoms with E-state index in [0.717, 1.165) is 15.6 Å². The predicted molar refractivity (Wildman–Crippen MR) is 78.9 cm³/mol. The molecule has 80 valence electrons. The van der Waals surface area contributed by atoms with Crippen LogP contribution in [0.3, 0.4) is 0 Å². The quantitative estimate of drug-likeness (QED) is 0.480. The molecule has 0 radical (unpaired) electrons. The number of hydrogen-bond donors (Lipinski definition) is 0. The lowest BCUT2D eigenvalue weighted by molar-refractivity contribution is 0.668. The largest absolute Gasteiger partial charge is 0.456 e. The number of aryl methyl sites for hydroxylation is 1. The van der Waals surface area contributed by atoms with Gasteiger partial charge in [0.05, 0.1) is 0 Å². The number of benzene rings is 2. The van der Waals surface area contributed by atoms with E-state index < -0.39 is 0 Å². The molecular weight excluding hydrogens is 379 g/mol. The van der Waals surface area contributed by atoms with Crippen molar-refractivity contribution in [1.82, 2.24) is 0 Å². The second-order valence-corrected chi connectivity index (χ2v) is 5.78. The Kier molecular flexibility index (Phi) is 2.47. The van der Waals surface area contributed by atoms with Gasteiger partial charge in [-0.3, -0.25) is 0 Å². The molecule has 0 bridgehead atoms. The van der Waals surface area contributed by atoms with Crippen LogP contribution in [-0.4, -0.2) is 0 Å². The highest BCUT2D eigenvalue weighted by atomic mass is 127. The van der Waals surface area contributed by atoms with Gasteiger partial charge in [0.25, 0.3) is 0 Å². The van der Waals surface area contributed by atoms with Crippen LogP contribution in [0.1, 0.15) is 5.56 Å². The Balaban J connectivity index is 2.66. The molecule has 1 heterocycles. The van der Waals surface area contributed by atoms with Crippen LogP contribution in [0.2, 0.25) is 0 Å². The number of hydrogen-bond acceptors (Lipinski definition) is 1. The van der Waals surface area contributed by atoms with Crippen molar-refractivity contribution in [3.8, 4) is 0 Å². The van der Waals surface area contributed by atoms with Gasteiger partial charge in [-0.25, -0.2) is 0 Å². The first-order valence-electron chi connectivity index (χ1n) is 4.94. The summed E-state index contributed by atoms with van der Waals surface area (Å²) in [5, 5.41) is 2.39. The molecule has 3 heteroatoms. The van der Waals surface area contributed by atoms with E-state index in [1.165, 1.54) is 19.9 Å². The van der Waals surface area contributed by atoms with Crippen molar-refractivity contribution in [1.29, 1.82) is 0 Å². The number of furan rings is 1. The smallest absolute Gasteiger partial charge is 0.136 e. The van der Waals surface area contributed by atoms with Crippen LogP contribution in [0.4, 0.5) is 0 Å². The lowest BCUT2D eigenvalue weighted by Crippen LogP contribution is -1.80. The molecule has 1 nitrogen and oxygen atoms in total. The Morgan fingerprint density at radius 2 is 1.81 bits per heavy atom. The summed E-state index contributed by atoms with van der Waals surface area (Å²) in [5.74, 6) is 0. The van der Waals surface area contributed by atoms with Crippen LogP contribution in [0.15, 0.2) is 39.2 Å². The molecule has 3 aromatic rings.